The molecule has 1 aliphatic heterocycles. The minimum Gasteiger partial charge on any atom is -0.385 e. The molecule has 140 valence electrons. The number of hydrogen-bond donors (Lipinski definition) is 1. The quantitative estimate of drug-likeness (QED) is 0.684. The van der Waals surface area contributed by atoms with E-state index in [9.17, 15) is 21.6 Å². The smallest absolute Gasteiger partial charge is 0.244 e. The van der Waals surface area contributed by atoms with Crippen LogP contribution in [0.4, 0.5) is 5.69 Å². The number of ether oxygens (including phenoxy) is 1. The van der Waals surface area contributed by atoms with E-state index in [2.05, 4.69) is 4.72 Å². The van der Waals surface area contributed by atoms with Crippen LogP contribution in [0.25, 0.3) is 0 Å². The molecule has 1 aromatic rings. The summed E-state index contributed by atoms with van der Waals surface area (Å²) in [5, 5.41) is 0. The fourth-order valence-corrected chi connectivity index (χ4v) is 5.76. The maximum atomic E-state index is 12.3. The third-order valence-corrected chi connectivity index (χ3v) is 7.35. The molecule has 1 atom stereocenters. The summed E-state index contributed by atoms with van der Waals surface area (Å²) in [5.41, 5.74) is 0.518. The maximum absolute atomic E-state index is 12.3. The number of nitrogens with zero attached hydrogens (tertiary/aromatic N) is 1. The van der Waals surface area contributed by atoms with Gasteiger partial charge in [0.1, 0.15) is 0 Å². The number of sulfonamides is 2. The van der Waals surface area contributed by atoms with E-state index in [1.165, 1.54) is 25.3 Å². The Hall–Kier alpha value is -1.49. The van der Waals surface area contributed by atoms with E-state index < -0.39 is 31.9 Å². The molecule has 0 spiro atoms. The highest BCUT2D eigenvalue weighted by atomic mass is 32.2. The number of amides is 1. The lowest BCUT2D eigenvalue weighted by Gasteiger charge is -2.17. The van der Waals surface area contributed by atoms with Gasteiger partial charge in [-0.1, -0.05) is 6.92 Å². The van der Waals surface area contributed by atoms with Gasteiger partial charge in [-0.25, -0.2) is 25.9 Å². The van der Waals surface area contributed by atoms with Crippen LogP contribution in [0.3, 0.4) is 0 Å². The van der Waals surface area contributed by atoms with Crippen LogP contribution < -0.4 is 9.03 Å². The summed E-state index contributed by atoms with van der Waals surface area (Å²) in [6.45, 7) is 3.78. The Labute approximate surface area is 148 Å². The number of carbonyl (C=O) groups is 1. The van der Waals surface area contributed by atoms with E-state index in [1.54, 1.807) is 13.8 Å². The van der Waals surface area contributed by atoms with Gasteiger partial charge in [-0.2, -0.15) is 0 Å². The molecule has 1 heterocycles. The van der Waals surface area contributed by atoms with Gasteiger partial charge in [0.25, 0.3) is 0 Å². The predicted octanol–water partition coefficient (Wildman–Crippen LogP) is 0.622. The molecule has 0 aliphatic carbocycles. The Morgan fingerprint density at radius 3 is 2.56 bits per heavy atom. The van der Waals surface area contributed by atoms with Crippen LogP contribution in [0, 0.1) is 12.8 Å². The van der Waals surface area contributed by atoms with Crippen molar-refractivity contribution in [2.24, 2.45) is 5.92 Å². The topological polar surface area (TPSA) is 110 Å². The number of nitrogens with one attached hydrogen (secondary N) is 1. The largest absolute Gasteiger partial charge is 0.385 e. The second-order valence-corrected chi connectivity index (χ2v) is 9.57. The van der Waals surface area contributed by atoms with Crippen molar-refractivity contribution in [3.8, 4) is 0 Å². The summed E-state index contributed by atoms with van der Waals surface area (Å²) >= 11 is 0. The molecule has 0 aromatic heterocycles. The molecule has 1 unspecified atom stereocenters. The third-order valence-electron chi connectivity index (χ3n) is 3.86. The summed E-state index contributed by atoms with van der Waals surface area (Å²) in [6, 6.07) is 4.05. The number of aryl methyl sites for hydroxylation is 1. The molecular weight excluding hydrogens is 368 g/mol. The minimum absolute atomic E-state index is 0.0470. The highest BCUT2D eigenvalue weighted by Gasteiger charge is 2.42. The van der Waals surface area contributed by atoms with Gasteiger partial charge in [0.05, 0.1) is 22.3 Å². The van der Waals surface area contributed by atoms with Crippen molar-refractivity contribution in [3.05, 3.63) is 23.8 Å². The lowest BCUT2D eigenvalue weighted by molar-refractivity contribution is -0.119. The molecule has 1 fully saturated rings. The highest BCUT2D eigenvalue weighted by Crippen LogP contribution is 2.30. The molecule has 25 heavy (non-hydrogen) atoms. The molecule has 2 rings (SSSR count). The molecule has 0 bridgehead atoms. The molecule has 1 amide bonds. The molecule has 8 nitrogen and oxygen atoms in total. The molecule has 1 N–H and O–H groups in total. The summed E-state index contributed by atoms with van der Waals surface area (Å²) in [7, 11) is -5.91. The van der Waals surface area contributed by atoms with E-state index in [4.69, 9.17) is 4.74 Å². The van der Waals surface area contributed by atoms with Gasteiger partial charge in [0.2, 0.25) is 26.0 Å². The Balaban J connectivity index is 2.28. The van der Waals surface area contributed by atoms with Crippen LogP contribution >= 0.6 is 0 Å². The van der Waals surface area contributed by atoms with E-state index >= 15 is 0 Å². The average Bonchev–Trinajstić information content (AvgIpc) is 2.71. The van der Waals surface area contributed by atoms with Crippen LogP contribution in [0.15, 0.2) is 23.1 Å². The van der Waals surface area contributed by atoms with E-state index in [0.29, 0.717) is 18.6 Å². The SMILES string of the molecule is COCCCNS(=O)(=O)c1ccc(N2C(=O)C(C)CS2(=O)=O)cc1C. The van der Waals surface area contributed by atoms with Crippen LogP contribution in [-0.4, -0.2) is 48.8 Å². The Morgan fingerprint density at radius 2 is 2.04 bits per heavy atom. The van der Waals surface area contributed by atoms with E-state index in [1.807, 2.05) is 0 Å². The maximum Gasteiger partial charge on any atom is 0.244 e. The molecule has 0 radical (unpaired) electrons. The van der Waals surface area contributed by atoms with Crippen molar-refractivity contribution in [1.29, 1.82) is 0 Å². The Kier molecular flexibility index (Phi) is 5.87. The highest BCUT2D eigenvalue weighted by molar-refractivity contribution is 7.94. The lowest BCUT2D eigenvalue weighted by atomic mass is 10.2. The van der Waals surface area contributed by atoms with Gasteiger partial charge < -0.3 is 4.74 Å². The molecule has 10 heteroatoms. The number of benzene rings is 1. The zero-order valence-corrected chi connectivity index (χ0v) is 16.0. The third kappa shape index (κ3) is 4.20. The summed E-state index contributed by atoms with van der Waals surface area (Å²) in [5.74, 6) is -1.37. The number of methoxy groups -OCH3 is 1. The van der Waals surface area contributed by atoms with Crippen LogP contribution in [-0.2, 0) is 29.6 Å². The van der Waals surface area contributed by atoms with E-state index in [0.717, 1.165) is 4.31 Å². The second kappa shape index (κ2) is 7.40. The average molecular weight is 390 g/mol. The lowest BCUT2D eigenvalue weighted by Crippen LogP contribution is -2.30. The summed E-state index contributed by atoms with van der Waals surface area (Å²) < 4.78 is 57.1. The summed E-state index contributed by atoms with van der Waals surface area (Å²) in [6.07, 6.45) is 0.533. The fourth-order valence-electron chi connectivity index (χ4n) is 2.65. The number of carbonyl (C=O) groups excluding carboxylic acids is 1. The van der Waals surface area contributed by atoms with Crippen molar-refractivity contribution >= 4 is 31.6 Å². The molecule has 0 saturated carbocycles. The Morgan fingerprint density at radius 1 is 1.36 bits per heavy atom. The van der Waals surface area contributed by atoms with Crippen LogP contribution in [0.2, 0.25) is 0 Å². The van der Waals surface area contributed by atoms with Gasteiger partial charge in [-0.05, 0) is 37.1 Å². The van der Waals surface area contributed by atoms with Crippen molar-refractivity contribution in [1.82, 2.24) is 4.72 Å². The molecule has 1 aromatic carbocycles. The molecule has 1 saturated heterocycles. The Bertz CT molecular complexity index is 864. The van der Waals surface area contributed by atoms with Crippen molar-refractivity contribution < 1.29 is 26.4 Å². The van der Waals surface area contributed by atoms with Crippen molar-refractivity contribution in [2.45, 2.75) is 25.2 Å². The monoisotopic (exact) mass is 390 g/mol. The minimum atomic E-state index is -3.72. The first-order chi connectivity index (χ1) is 11.6. The first kappa shape index (κ1) is 19.8. The van der Waals surface area contributed by atoms with Gasteiger partial charge in [-0.3, -0.25) is 4.79 Å². The zero-order chi connectivity index (χ0) is 18.8. The standard InChI is InChI=1S/C15H22N2O6S2/c1-11-9-13(17-15(18)12(2)10-24(17,19)20)5-6-14(11)25(21,22)16-7-4-8-23-3/h5-6,9,12,16H,4,7-8,10H2,1-3H3. The predicted molar refractivity (Wildman–Crippen MR) is 93.3 cm³/mol. The fraction of sp³-hybridized carbons (Fsp3) is 0.533. The second-order valence-electron chi connectivity index (χ2n) is 5.98. The van der Waals surface area contributed by atoms with Crippen LogP contribution in [0.5, 0.6) is 0 Å². The van der Waals surface area contributed by atoms with Crippen LogP contribution in [0.1, 0.15) is 18.9 Å². The van der Waals surface area contributed by atoms with Crippen molar-refractivity contribution in [2.75, 3.05) is 30.3 Å². The van der Waals surface area contributed by atoms with Gasteiger partial charge in [0.15, 0.2) is 0 Å². The van der Waals surface area contributed by atoms with Crippen molar-refractivity contribution in [3.63, 3.8) is 0 Å². The first-order valence-electron chi connectivity index (χ1n) is 7.76. The normalized spacial score (nSPS) is 20.2. The van der Waals surface area contributed by atoms with E-state index in [-0.39, 0.29) is 22.9 Å². The number of hydrogen-bond acceptors (Lipinski definition) is 6. The van der Waals surface area contributed by atoms with Gasteiger partial charge in [0, 0.05) is 20.3 Å². The molecular formula is C15H22N2O6S2. The van der Waals surface area contributed by atoms with Gasteiger partial charge >= 0.3 is 0 Å². The van der Waals surface area contributed by atoms with Gasteiger partial charge in [-0.15, -0.1) is 0 Å². The summed E-state index contributed by atoms with van der Waals surface area (Å²) in [4.78, 5) is 12.2. The molecule has 1 aliphatic rings. The zero-order valence-electron chi connectivity index (χ0n) is 14.4. The first-order valence-corrected chi connectivity index (χ1v) is 10.9. The number of anilines is 1. The number of rotatable bonds is 7.